The van der Waals surface area contributed by atoms with Gasteiger partial charge in [-0.3, -0.25) is 9.59 Å². The van der Waals surface area contributed by atoms with Crippen molar-refractivity contribution in [1.82, 2.24) is 4.90 Å². The molecule has 0 spiro atoms. The predicted octanol–water partition coefficient (Wildman–Crippen LogP) is 1.75. The standard InChI is InChI=1S/C11H21NO3/c1-4-9(5-2)11(15)12(3)8-6-7-10(13)14/h9H,4-8H2,1-3H3,(H,13,14). The third-order valence-corrected chi connectivity index (χ3v) is 2.60. The van der Waals surface area contributed by atoms with Crippen molar-refractivity contribution < 1.29 is 14.7 Å². The van der Waals surface area contributed by atoms with Crippen LogP contribution in [0.4, 0.5) is 0 Å². The van der Waals surface area contributed by atoms with Gasteiger partial charge in [0.2, 0.25) is 5.91 Å². The van der Waals surface area contributed by atoms with Gasteiger partial charge >= 0.3 is 5.97 Å². The van der Waals surface area contributed by atoms with Crippen LogP contribution in [0.5, 0.6) is 0 Å². The zero-order chi connectivity index (χ0) is 11.8. The van der Waals surface area contributed by atoms with Crippen LogP contribution in [0, 0.1) is 5.92 Å². The molecule has 15 heavy (non-hydrogen) atoms. The van der Waals surface area contributed by atoms with E-state index in [2.05, 4.69) is 0 Å². The Balaban J connectivity index is 3.92. The first-order chi connectivity index (χ1) is 7.02. The molecule has 0 rings (SSSR count). The lowest BCUT2D eigenvalue weighted by Gasteiger charge is -2.21. The molecule has 1 N–H and O–H groups in total. The van der Waals surface area contributed by atoms with Gasteiger partial charge in [-0.2, -0.15) is 0 Å². The molecular weight excluding hydrogens is 194 g/mol. The van der Waals surface area contributed by atoms with Crippen molar-refractivity contribution in [2.45, 2.75) is 39.5 Å². The maximum absolute atomic E-state index is 11.8. The molecule has 0 saturated heterocycles. The smallest absolute Gasteiger partial charge is 0.303 e. The lowest BCUT2D eigenvalue weighted by molar-refractivity contribution is -0.138. The number of carbonyl (C=O) groups is 2. The fourth-order valence-corrected chi connectivity index (χ4v) is 1.53. The Hall–Kier alpha value is -1.06. The lowest BCUT2D eigenvalue weighted by Crippen LogP contribution is -2.33. The summed E-state index contributed by atoms with van der Waals surface area (Å²) in [4.78, 5) is 23.7. The molecule has 0 aromatic carbocycles. The molecule has 0 bridgehead atoms. The molecule has 88 valence electrons. The van der Waals surface area contributed by atoms with E-state index < -0.39 is 5.97 Å². The van der Waals surface area contributed by atoms with Crippen molar-refractivity contribution >= 4 is 11.9 Å². The topological polar surface area (TPSA) is 57.6 Å². The number of hydrogen-bond acceptors (Lipinski definition) is 2. The van der Waals surface area contributed by atoms with E-state index in [0.717, 1.165) is 12.8 Å². The molecule has 0 heterocycles. The Labute approximate surface area is 91.3 Å². The van der Waals surface area contributed by atoms with Gasteiger partial charge in [-0.25, -0.2) is 0 Å². The quantitative estimate of drug-likeness (QED) is 0.703. The summed E-state index contributed by atoms with van der Waals surface area (Å²) < 4.78 is 0. The molecule has 1 amide bonds. The summed E-state index contributed by atoms with van der Waals surface area (Å²) in [6, 6.07) is 0. The number of rotatable bonds is 7. The van der Waals surface area contributed by atoms with E-state index in [-0.39, 0.29) is 18.2 Å². The van der Waals surface area contributed by atoms with Gasteiger partial charge in [0.05, 0.1) is 0 Å². The Morgan fingerprint density at radius 2 is 1.80 bits per heavy atom. The van der Waals surface area contributed by atoms with Crippen LogP contribution in [0.3, 0.4) is 0 Å². The highest BCUT2D eigenvalue weighted by Crippen LogP contribution is 2.11. The molecule has 0 atom stereocenters. The van der Waals surface area contributed by atoms with E-state index in [1.54, 1.807) is 11.9 Å². The van der Waals surface area contributed by atoms with Crippen LogP contribution < -0.4 is 0 Å². The third-order valence-electron chi connectivity index (χ3n) is 2.60. The molecule has 0 unspecified atom stereocenters. The van der Waals surface area contributed by atoms with Crippen LogP contribution in [-0.4, -0.2) is 35.5 Å². The van der Waals surface area contributed by atoms with Crippen molar-refractivity contribution in [3.05, 3.63) is 0 Å². The van der Waals surface area contributed by atoms with Gasteiger partial charge in [0, 0.05) is 25.9 Å². The molecule has 0 aliphatic rings. The van der Waals surface area contributed by atoms with Gasteiger partial charge in [0.1, 0.15) is 0 Å². The van der Waals surface area contributed by atoms with Gasteiger partial charge < -0.3 is 10.0 Å². The van der Waals surface area contributed by atoms with E-state index in [1.807, 2.05) is 13.8 Å². The van der Waals surface area contributed by atoms with Crippen molar-refractivity contribution in [2.75, 3.05) is 13.6 Å². The fraction of sp³-hybridized carbons (Fsp3) is 0.818. The van der Waals surface area contributed by atoms with E-state index in [4.69, 9.17) is 5.11 Å². The average Bonchev–Trinajstić information content (AvgIpc) is 2.18. The second-order valence-electron chi connectivity index (χ2n) is 3.77. The Bertz CT molecular complexity index is 212. The number of amides is 1. The minimum atomic E-state index is -0.807. The first kappa shape index (κ1) is 13.9. The van der Waals surface area contributed by atoms with Crippen LogP contribution in [0.2, 0.25) is 0 Å². The molecule has 4 heteroatoms. The Kier molecular flexibility index (Phi) is 6.75. The molecule has 4 nitrogen and oxygen atoms in total. The molecule has 0 aromatic heterocycles. The van der Waals surface area contributed by atoms with E-state index in [1.165, 1.54) is 0 Å². The molecule has 0 fully saturated rings. The van der Waals surface area contributed by atoms with Crippen LogP contribution in [0.25, 0.3) is 0 Å². The summed E-state index contributed by atoms with van der Waals surface area (Å²) in [7, 11) is 1.74. The number of carboxylic acids is 1. The van der Waals surface area contributed by atoms with Gasteiger partial charge in [0.25, 0.3) is 0 Å². The maximum atomic E-state index is 11.8. The first-order valence-electron chi connectivity index (χ1n) is 5.49. The molecule has 0 aromatic rings. The van der Waals surface area contributed by atoms with E-state index >= 15 is 0 Å². The Morgan fingerprint density at radius 3 is 2.20 bits per heavy atom. The van der Waals surface area contributed by atoms with Crippen LogP contribution in [0.1, 0.15) is 39.5 Å². The molecule has 0 aliphatic carbocycles. The summed E-state index contributed by atoms with van der Waals surface area (Å²) >= 11 is 0. The minimum absolute atomic E-state index is 0.0832. The maximum Gasteiger partial charge on any atom is 0.303 e. The summed E-state index contributed by atoms with van der Waals surface area (Å²) in [5.41, 5.74) is 0. The van der Waals surface area contributed by atoms with Gasteiger partial charge in [-0.15, -0.1) is 0 Å². The predicted molar refractivity (Wildman–Crippen MR) is 58.6 cm³/mol. The molecule has 0 saturated carbocycles. The fourth-order valence-electron chi connectivity index (χ4n) is 1.53. The SMILES string of the molecule is CCC(CC)C(=O)N(C)CCCC(=O)O. The van der Waals surface area contributed by atoms with Crippen molar-refractivity contribution in [3.63, 3.8) is 0 Å². The number of carbonyl (C=O) groups excluding carboxylic acids is 1. The van der Waals surface area contributed by atoms with Crippen molar-refractivity contribution in [2.24, 2.45) is 5.92 Å². The van der Waals surface area contributed by atoms with Crippen LogP contribution in [0.15, 0.2) is 0 Å². The van der Waals surface area contributed by atoms with E-state index in [0.29, 0.717) is 13.0 Å². The van der Waals surface area contributed by atoms with Gasteiger partial charge in [-0.1, -0.05) is 13.8 Å². The number of nitrogens with zero attached hydrogens (tertiary/aromatic N) is 1. The highest BCUT2D eigenvalue weighted by molar-refractivity contribution is 5.78. The van der Waals surface area contributed by atoms with Crippen molar-refractivity contribution in [1.29, 1.82) is 0 Å². The minimum Gasteiger partial charge on any atom is -0.481 e. The Morgan fingerprint density at radius 1 is 1.27 bits per heavy atom. The highest BCUT2D eigenvalue weighted by Gasteiger charge is 2.17. The summed E-state index contributed by atoms with van der Waals surface area (Å²) in [5, 5.41) is 8.46. The molecule has 0 aliphatic heterocycles. The van der Waals surface area contributed by atoms with Crippen LogP contribution >= 0.6 is 0 Å². The van der Waals surface area contributed by atoms with Gasteiger partial charge in [-0.05, 0) is 19.3 Å². The van der Waals surface area contributed by atoms with E-state index in [9.17, 15) is 9.59 Å². The summed E-state index contributed by atoms with van der Waals surface area (Å²) in [5.74, 6) is -0.594. The zero-order valence-electron chi connectivity index (χ0n) is 9.82. The third kappa shape index (κ3) is 5.40. The second kappa shape index (κ2) is 7.26. The molecular formula is C11H21NO3. The second-order valence-corrected chi connectivity index (χ2v) is 3.77. The van der Waals surface area contributed by atoms with Crippen molar-refractivity contribution in [3.8, 4) is 0 Å². The summed E-state index contributed by atoms with van der Waals surface area (Å²) in [6.07, 6.45) is 2.34. The monoisotopic (exact) mass is 215 g/mol. The number of hydrogen-bond donors (Lipinski definition) is 1. The number of aliphatic carboxylic acids is 1. The largest absolute Gasteiger partial charge is 0.481 e. The van der Waals surface area contributed by atoms with Gasteiger partial charge in [0.15, 0.2) is 0 Å². The average molecular weight is 215 g/mol. The zero-order valence-corrected chi connectivity index (χ0v) is 9.82. The first-order valence-corrected chi connectivity index (χ1v) is 5.49. The normalized spacial score (nSPS) is 10.4. The summed E-state index contributed by atoms with van der Waals surface area (Å²) in [6.45, 7) is 4.52. The number of carboxylic acid groups (broad SMARTS) is 1. The lowest BCUT2D eigenvalue weighted by atomic mass is 10.0. The van der Waals surface area contributed by atoms with Crippen LogP contribution in [-0.2, 0) is 9.59 Å². The molecule has 0 radical (unpaired) electrons. The highest BCUT2D eigenvalue weighted by atomic mass is 16.4.